The van der Waals surface area contributed by atoms with E-state index in [-0.39, 0.29) is 11.8 Å². The highest BCUT2D eigenvalue weighted by atomic mass is 32.1. The first kappa shape index (κ1) is 20.3. The summed E-state index contributed by atoms with van der Waals surface area (Å²) in [5.41, 5.74) is 3.35. The second-order valence-electron chi connectivity index (χ2n) is 7.63. The summed E-state index contributed by atoms with van der Waals surface area (Å²) in [6, 6.07) is 11.4. The molecule has 4 aromatic rings. The Hall–Kier alpha value is -3.59. The predicted molar refractivity (Wildman–Crippen MR) is 125 cm³/mol. The van der Waals surface area contributed by atoms with E-state index in [0.29, 0.717) is 0 Å². The van der Waals surface area contributed by atoms with Gasteiger partial charge in [0, 0.05) is 48.7 Å². The van der Waals surface area contributed by atoms with Crippen LogP contribution in [0.2, 0.25) is 0 Å². The lowest BCUT2D eigenvalue weighted by Crippen LogP contribution is -2.38. The van der Waals surface area contributed by atoms with Crippen molar-refractivity contribution < 1.29 is 9.53 Å². The van der Waals surface area contributed by atoms with E-state index in [9.17, 15) is 4.79 Å². The molecular formula is C23H22N6O2S. The molecule has 3 aromatic heterocycles. The van der Waals surface area contributed by atoms with Crippen molar-refractivity contribution in [1.82, 2.24) is 19.9 Å². The second-order valence-corrected chi connectivity index (χ2v) is 8.58. The zero-order valence-corrected chi connectivity index (χ0v) is 18.4. The summed E-state index contributed by atoms with van der Waals surface area (Å²) in [6.45, 7) is 1.57. The fraction of sp³-hybridized carbons (Fsp3) is 0.261. The molecule has 1 aromatic carbocycles. The van der Waals surface area contributed by atoms with E-state index in [1.165, 1.54) is 6.33 Å². The van der Waals surface area contributed by atoms with Gasteiger partial charge in [0.1, 0.15) is 22.4 Å². The molecule has 0 bridgehead atoms. The third kappa shape index (κ3) is 4.24. The van der Waals surface area contributed by atoms with Gasteiger partial charge >= 0.3 is 0 Å². The predicted octanol–water partition coefficient (Wildman–Crippen LogP) is 4.01. The van der Waals surface area contributed by atoms with Crippen LogP contribution in [0.4, 0.5) is 10.8 Å². The smallest absolute Gasteiger partial charge is 0.227 e. The number of carbonyl (C=O) groups is 1. The van der Waals surface area contributed by atoms with Crippen LogP contribution >= 0.6 is 11.3 Å². The van der Waals surface area contributed by atoms with Gasteiger partial charge in [-0.3, -0.25) is 4.79 Å². The maximum absolute atomic E-state index is 12.7. The number of rotatable bonds is 5. The molecular weight excluding hydrogens is 424 g/mol. The summed E-state index contributed by atoms with van der Waals surface area (Å²) in [6.07, 6.45) is 6.58. The van der Waals surface area contributed by atoms with Crippen molar-refractivity contribution >= 4 is 38.4 Å². The molecule has 0 saturated carbocycles. The number of nitrogens with zero attached hydrogens (tertiary/aromatic N) is 5. The molecule has 1 aliphatic rings. The monoisotopic (exact) mass is 446 g/mol. The molecule has 9 heteroatoms. The third-order valence-corrected chi connectivity index (χ3v) is 6.60. The van der Waals surface area contributed by atoms with Crippen LogP contribution in [0.3, 0.4) is 0 Å². The normalized spacial score (nSPS) is 14.5. The van der Waals surface area contributed by atoms with Gasteiger partial charge in [-0.05, 0) is 37.1 Å². The third-order valence-electron chi connectivity index (χ3n) is 5.57. The van der Waals surface area contributed by atoms with E-state index >= 15 is 0 Å². The van der Waals surface area contributed by atoms with E-state index < -0.39 is 0 Å². The molecule has 32 heavy (non-hydrogen) atoms. The van der Waals surface area contributed by atoms with Crippen LogP contribution < -0.4 is 15.0 Å². The number of piperidine rings is 1. The van der Waals surface area contributed by atoms with Gasteiger partial charge in [-0.1, -0.05) is 17.4 Å². The molecule has 1 saturated heterocycles. The molecule has 5 rings (SSSR count). The molecule has 1 amide bonds. The quantitative estimate of drug-likeness (QED) is 0.495. The minimum absolute atomic E-state index is 0.0189. The van der Waals surface area contributed by atoms with E-state index in [0.717, 1.165) is 64.1 Å². The molecule has 0 aliphatic carbocycles. The van der Waals surface area contributed by atoms with Crippen LogP contribution in [-0.2, 0) is 4.79 Å². The average Bonchev–Trinajstić information content (AvgIpc) is 3.28. The molecule has 1 aliphatic heterocycles. The van der Waals surface area contributed by atoms with Crippen molar-refractivity contribution in [3.63, 3.8) is 0 Å². The van der Waals surface area contributed by atoms with Crippen molar-refractivity contribution in [2.75, 3.05) is 30.4 Å². The minimum atomic E-state index is -0.0189. The number of ether oxygens (including phenoxy) is 1. The molecule has 4 heterocycles. The highest BCUT2D eigenvalue weighted by molar-refractivity contribution is 7.21. The van der Waals surface area contributed by atoms with Gasteiger partial charge in [-0.2, -0.15) is 0 Å². The Balaban J connectivity index is 1.24. The number of benzene rings is 1. The van der Waals surface area contributed by atoms with E-state index in [2.05, 4.69) is 20.2 Å². The summed E-state index contributed by atoms with van der Waals surface area (Å²) in [5.74, 6) is 0.762. The minimum Gasteiger partial charge on any atom is -0.497 e. The first-order valence-corrected chi connectivity index (χ1v) is 11.2. The first-order valence-electron chi connectivity index (χ1n) is 10.4. The topological polar surface area (TPSA) is 93.1 Å². The lowest BCUT2D eigenvalue weighted by molar-refractivity contribution is -0.120. The number of hydrogen-bond acceptors (Lipinski definition) is 8. The van der Waals surface area contributed by atoms with Crippen molar-refractivity contribution in [2.45, 2.75) is 12.8 Å². The Morgan fingerprint density at radius 3 is 2.72 bits per heavy atom. The number of nitrogens with one attached hydrogen (secondary N) is 1. The maximum atomic E-state index is 12.7. The number of pyridine rings is 1. The fourth-order valence-electron chi connectivity index (χ4n) is 3.81. The van der Waals surface area contributed by atoms with Crippen molar-refractivity contribution in [1.29, 1.82) is 0 Å². The number of fused-ring (bicyclic) bond motifs is 1. The summed E-state index contributed by atoms with van der Waals surface area (Å²) in [7, 11) is 1.62. The Labute approximate surface area is 189 Å². The van der Waals surface area contributed by atoms with Crippen LogP contribution in [0.15, 0.2) is 55.1 Å². The van der Waals surface area contributed by atoms with E-state index in [4.69, 9.17) is 14.7 Å². The summed E-state index contributed by atoms with van der Waals surface area (Å²) >= 11 is 1.58. The number of methoxy groups -OCH3 is 1. The lowest BCUT2D eigenvalue weighted by Gasteiger charge is -2.31. The van der Waals surface area contributed by atoms with Crippen molar-refractivity contribution in [3.05, 3.63) is 55.1 Å². The van der Waals surface area contributed by atoms with E-state index in [1.54, 1.807) is 30.8 Å². The highest BCUT2D eigenvalue weighted by Crippen LogP contribution is 2.32. The van der Waals surface area contributed by atoms with Crippen LogP contribution in [0.5, 0.6) is 5.75 Å². The van der Waals surface area contributed by atoms with Gasteiger partial charge < -0.3 is 15.0 Å². The first-order chi connectivity index (χ1) is 15.7. The van der Waals surface area contributed by atoms with Crippen molar-refractivity contribution in [3.8, 4) is 17.0 Å². The fourth-order valence-corrected chi connectivity index (χ4v) is 4.80. The number of thiazole rings is 1. The van der Waals surface area contributed by atoms with E-state index in [1.807, 2.05) is 36.4 Å². The zero-order chi connectivity index (χ0) is 21.9. The van der Waals surface area contributed by atoms with Crippen LogP contribution in [0.25, 0.3) is 21.6 Å². The van der Waals surface area contributed by atoms with Gasteiger partial charge in [0.05, 0.1) is 12.8 Å². The molecule has 0 atom stereocenters. The number of carbonyl (C=O) groups excluding carboxylic acids is 1. The van der Waals surface area contributed by atoms with Crippen LogP contribution in [0, 0.1) is 5.92 Å². The Morgan fingerprint density at radius 1 is 1.12 bits per heavy atom. The summed E-state index contributed by atoms with van der Waals surface area (Å²) < 4.78 is 5.23. The average molecular weight is 447 g/mol. The molecule has 1 N–H and O–H groups in total. The zero-order valence-electron chi connectivity index (χ0n) is 17.6. The molecule has 0 unspecified atom stereocenters. The Morgan fingerprint density at radius 2 is 1.94 bits per heavy atom. The highest BCUT2D eigenvalue weighted by Gasteiger charge is 2.26. The Kier molecular flexibility index (Phi) is 5.64. The van der Waals surface area contributed by atoms with Gasteiger partial charge in [0.25, 0.3) is 0 Å². The molecule has 1 fully saturated rings. The maximum Gasteiger partial charge on any atom is 0.227 e. The Bertz CT molecular complexity index is 1240. The number of aromatic nitrogens is 4. The summed E-state index contributed by atoms with van der Waals surface area (Å²) in [5, 5.41) is 3.96. The van der Waals surface area contributed by atoms with Crippen molar-refractivity contribution in [2.24, 2.45) is 5.92 Å². The van der Waals surface area contributed by atoms with Gasteiger partial charge in [0.2, 0.25) is 5.91 Å². The second kappa shape index (κ2) is 8.88. The number of anilines is 2. The molecule has 8 nitrogen and oxygen atoms in total. The molecule has 162 valence electrons. The van der Waals surface area contributed by atoms with Gasteiger partial charge in [-0.25, -0.2) is 19.9 Å². The van der Waals surface area contributed by atoms with Gasteiger partial charge in [-0.15, -0.1) is 0 Å². The van der Waals surface area contributed by atoms with Crippen LogP contribution in [-0.4, -0.2) is 46.0 Å². The molecule has 0 spiro atoms. The van der Waals surface area contributed by atoms with Gasteiger partial charge in [0.15, 0.2) is 5.13 Å². The SMILES string of the molecule is COc1cccc(NC(=O)C2CCN(c3nc4ccc(-c5cncnc5)nc4s3)CC2)c1. The molecule has 0 radical (unpaired) electrons. The standard InChI is InChI=1S/C23H22N6O2S/c1-31-18-4-2-3-17(11-18)26-21(30)15-7-9-29(10-8-15)23-28-20-6-5-19(27-22(20)32-23)16-12-24-14-25-13-16/h2-6,11-15H,7-10H2,1H3,(H,26,30). The number of amides is 1. The number of hydrogen-bond donors (Lipinski definition) is 1. The van der Waals surface area contributed by atoms with Crippen LogP contribution in [0.1, 0.15) is 12.8 Å². The lowest BCUT2D eigenvalue weighted by atomic mass is 9.96. The summed E-state index contributed by atoms with van der Waals surface area (Å²) in [4.78, 5) is 33.5. The largest absolute Gasteiger partial charge is 0.497 e.